The molecule has 1 atom stereocenters. The van der Waals surface area contributed by atoms with Gasteiger partial charge in [-0.15, -0.1) is 13.2 Å². The van der Waals surface area contributed by atoms with E-state index in [2.05, 4.69) is 14.6 Å². The molecule has 1 N–H and O–H groups in total. The molecule has 0 spiro atoms. The second-order valence-electron chi connectivity index (χ2n) is 8.39. The van der Waals surface area contributed by atoms with Crippen LogP contribution in [-0.2, 0) is 5.60 Å². The van der Waals surface area contributed by atoms with Crippen molar-refractivity contribution in [1.29, 1.82) is 0 Å². The number of halogens is 3. The number of hydrogen-bond donors (Lipinski definition) is 1. The minimum absolute atomic E-state index is 0.335. The maximum absolute atomic E-state index is 12.6. The van der Waals surface area contributed by atoms with Crippen molar-refractivity contribution < 1.29 is 27.4 Å². The summed E-state index contributed by atoms with van der Waals surface area (Å²) in [6, 6.07) is 12.7. The molecule has 1 aliphatic rings. The first-order valence-corrected chi connectivity index (χ1v) is 9.80. The average molecular weight is 432 g/mol. The molecular formula is C23H23F3N2O3. The first-order valence-electron chi connectivity index (χ1n) is 9.80. The molecule has 3 aromatic rings. The van der Waals surface area contributed by atoms with Crippen LogP contribution < -0.4 is 4.74 Å². The van der Waals surface area contributed by atoms with Gasteiger partial charge in [0.2, 0.25) is 5.89 Å². The van der Waals surface area contributed by atoms with Gasteiger partial charge in [-0.25, -0.2) is 4.98 Å². The van der Waals surface area contributed by atoms with Crippen LogP contribution in [-0.4, -0.2) is 41.5 Å². The molecule has 0 bridgehead atoms. The highest BCUT2D eigenvalue weighted by Gasteiger charge is 2.55. The molecule has 2 aromatic carbocycles. The Bertz CT molecular complexity index is 1070. The largest absolute Gasteiger partial charge is 0.573 e. The summed E-state index contributed by atoms with van der Waals surface area (Å²) in [4.78, 5) is 6.43. The summed E-state index contributed by atoms with van der Waals surface area (Å²) < 4.78 is 47.1. The standard InChI is InChI=1S/C23H23F3N2O3/c1-15-12-30-20(27-15)16-5-4-6-18(11-16)22(29,21(2)13-28(3)14-21)17-7-9-19(10-8-17)31-23(24,25)26/h4-12,29H,13-14H2,1-3H3. The Morgan fingerprint density at radius 1 is 1.10 bits per heavy atom. The number of alkyl halides is 3. The number of benzene rings is 2. The van der Waals surface area contributed by atoms with E-state index in [4.69, 9.17) is 4.42 Å². The van der Waals surface area contributed by atoms with Gasteiger partial charge in [-0.05, 0) is 49.4 Å². The van der Waals surface area contributed by atoms with Crippen LogP contribution in [0.4, 0.5) is 13.2 Å². The van der Waals surface area contributed by atoms with Crippen LogP contribution in [0.5, 0.6) is 5.75 Å². The average Bonchev–Trinajstić information content (AvgIpc) is 3.12. The maximum atomic E-state index is 12.6. The van der Waals surface area contributed by atoms with Gasteiger partial charge in [0.05, 0.1) is 5.69 Å². The van der Waals surface area contributed by atoms with Crippen LogP contribution in [0.25, 0.3) is 11.5 Å². The van der Waals surface area contributed by atoms with Gasteiger partial charge in [0.25, 0.3) is 0 Å². The van der Waals surface area contributed by atoms with E-state index in [1.165, 1.54) is 24.3 Å². The van der Waals surface area contributed by atoms with Crippen LogP contribution in [0.3, 0.4) is 0 Å². The van der Waals surface area contributed by atoms with Gasteiger partial charge in [-0.3, -0.25) is 0 Å². The van der Waals surface area contributed by atoms with Crippen LogP contribution in [0.15, 0.2) is 59.2 Å². The molecule has 1 aromatic heterocycles. The van der Waals surface area contributed by atoms with E-state index >= 15 is 0 Å². The van der Waals surface area contributed by atoms with E-state index in [-0.39, 0.29) is 5.75 Å². The van der Waals surface area contributed by atoms with Crippen LogP contribution in [0, 0.1) is 12.3 Å². The van der Waals surface area contributed by atoms with E-state index < -0.39 is 17.4 Å². The summed E-state index contributed by atoms with van der Waals surface area (Å²) in [5, 5.41) is 12.1. The van der Waals surface area contributed by atoms with Crippen LogP contribution >= 0.6 is 0 Å². The highest BCUT2D eigenvalue weighted by atomic mass is 19.4. The number of aliphatic hydroxyl groups is 1. The lowest BCUT2D eigenvalue weighted by Crippen LogP contribution is -2.63. The third kappa shape index (κ3) is 3.93. The number of aromatic nitrogens is 1. The molecule has 8 heteroatoms. The number of oxazole rings is 1. The van der Waals surface area contributed by atoms with Crippen LogP contribution in [0.2, 0.25) is 0 Å². The molecule has 164 valence electrons. The van der Waals surface area contributed by atoms with Gasteiger partial charge in [0.15, 0.2) is 0 Å². The molecular weight excluding hydrogens is 409 g/mol. The van der Waals surface area contributed by atoms with Gasteiger partial charge < -0.3 is 19.2 Å². The van der Waals surface area contributed by atoms with Crippen LogP contribution in [0.1, 0.15) is 23.7 Å². The molecule has 1 unspecified atom stereocenters. The predicted octanol–water partition coefficient (Wildman–Crippen LogP) is 4.74. The van der Waals surface area contributed by atoms with Crippen molar-refractivity contribution in [2.24, 2.45) is 5.41 Å². The predicted molar refractivity (Wildman–Crippen MR) is 108 cm³/mol. The van der Waals surface area contributed by atoms with Gasteiger partial charge >= 0.3 is 6.36 Å². The summed E-state index contributed by atoms with van der Waals surface area (Å²) in [5.41, 5.74) is 0.535. The lowest BCUT2D eigenvalue weighted by molar-refractivity contribution is -0.274. The fourth-order valence-electron chi connectivity index (χ4n) is 4.50. The minimum Gasteiger partial charge on any atom is -0.444 e. The minimum atomic E-state index is -4.77. The second-order valence-corrected chi connectivity index (χ2v) is 8.39. The Morgan fingerprint density at radius 2 is 1.77 bits per heavy atom. The van der Waals surface area contributed by atoms with Crippen molar-refractivity contribution in [1.82, 2.24) is 9.88 Å². The lowest BCUT2D eigenvalue weighted by Gasteiger charge is -2.56. The Labute approximate surface area is 178 Å². The molecule has 0 radical (unpaired) electrons. The topological polar surface area (TPSA) is 58.7 Å². The summed E-state index contributed by atoms with van der Waals surface area (Å²) in [6.07, 6.45) is -3.22. The molecule has 0 aliphatic carbocycles. The highest BCUT2D eigenvalue weighted by molar-refractivity contribution is 5.57. The van der Waals surface area contributed by atoms with E-state index in [9.17, 15) is 18.3 Å². The molecule has 31 heavy (non-hydrogen) atoms. The molecule has 1 saturated heterocycles. The summed E-state index contributed by atoms with van der Waals surface area (Å²) in [5.74, 6) is 0.102. The molecule has 1 fully saturated rings. The summed E-state index contributed by atoms with van der Waals surface area (Å²) in [7, 11) is 1.95. The van der Waals surface area contributed by atoms with Crippen molar-refractivity contribution in [2.75, 3.05) is 20.1 Å². The highest BCUT2D eigenvalue weighted by Crippen LogP contribution is 2.50. The number of likely N-dealkylation sites (tertiary alicyclic amines) is 1. The molecule has 0 saturated carbocycles. The second kappa shape index (κ2) is 7.39. The van der Waals surface area contributed by atoms with E-state index in [0.29, 0.717) is 35.7 Å². The smallest absolute Gasteiger partial charge is 0.444 e. The molecule has 0 amide bonds. The zero-order valence-electron chi connectivity index (χ0n) is 17.4. The molecule has 1 aliphatic heterocycles. The third-order valence-corrected chi connectivity index (χ3v) is 5.76. The Hall–Kier alpha value is -2.84. The van der Waals surface area contributed by atoms with Gasteiger partial charge in [-0.1, -0.05) is 31.2 Å². The van der Waals surface area contributed by atoms with Crippen molar-refractivity contribution in [3.05, 3.63) is 71.6 Å². The van der Waals surface area contributed by atoms with Crippen molar-refractivity contribution >= 4 is 0 Å². The molecule has 2 heterocycles. The monoisotopic (exact) mass is 432 g/mol. The lowest BCUT2D eigenvalue weighted by atomic mass is 9.62. The summed E-state index contributed by atoms with van der Waals surface area (Å²) in [6.45, 7) is 5.03. The SMILES string of the molecule is Cc1coc(-c2cccc(C(O)(c3ccc(OC(F)(F)F)cc3)C3(C)CN(C)C3)c2)n1. The zero-order chi connectivity index (χ0) is 22.4. The summed E-state index contributed by atoms with van der Waals surface area (Å²) >= 11 is 0. The third-order valence-electron chi connectivity index (χ3n) is 5.76. The first-order chi connectivity index (χ1) is 14.5. The van der Waals surface area contributed by atoms with E-state index in [1.807, 2.05) is 45.2 Å². The van der Waals surface area contributed by atoms with E-state index in [0.717, 1.165) is 5.69 Å². The Morgan fingerprint density at radius 3 is 2.32 bits per heavy atom. The molecule has 5 nitrogen and oxygen atoms in total. The quantitative estimate of drug-likeness (QED) is 0.631. The van der Waals surface area contributed by atoms with Gasteiger partial charge in [-0.2, -0.15) is 0 Å². The number of nitrogens with zero attached hydrogens (tertiary/aromatic N) is 2. The fraction of sp³-hybridized carbons (Fsp3) is 0.348. The zero-order valence-corrected chi connectivity index (χ0v) is 17.4. The first kappa shape index (κ1) is 21.4. The van der Waals surface area contributed by atoms with E-state index in [1.54, 1.807) is 6.26 Å². The fourth-order valence-corrected chi connectivity index (χ4v) is 4.50. The molecule has 4 rings (SSSR count). The van der Waals surface area contributed by atoms with Gasteiger partial charge in [0.1, 0.15) is 17.6 Å². The van der Waals surface area contributed by atoms with Crippen molar-refractivity contribution in [2.45, 2.75) is 25.8 Å². The number of hydrogen-bond acceptors (Lipinski definition) is 5. The Kier molecular flexibility index (Phi) is 5.10. The van der Waals surface area contributed by atoms with Crippen molar-refractivity contribution in [3.8, 4) is 17.2 Å². The van der Waals surface area contributed by atoms with Crippen molar-refractivity contribution in [3.63, 3.8) is 0 Å². The normalized spacial score (nSPS) is 18.3. The Balaban J connectivity index is 1.78. The number of ether oxygens (including phenoxy) is 1. The maximum Gasteiger partial charge on any atom is 0.573 e. The van der Waals surface area contributed by atoms with Gasteiger partial charge in [0, 0.05) is 24.1 Å². The number of rotatable bonds is 5. The number of aryl methyl sites for hydroxylation is 1.